The Morgan fingerprint density at radius 1 is 0.500 bits per heavy atom. The summed E-state index contributed by atoms with van der Waals surface area (Å²) in [6.45, 7) is 9.32. The molecule has 2 saturated heterocycles. The zero-order chi connectivity index (χ0) is 23.3. The highest BCUT2D eigenvalue weighted by atomic mass is 31.1. The summed E-state index contributed by atoms with van der Waals surface area (Å²) in [5.74, 6) is 0. The van der Waals surface area contributed by atoms with Gasteiger partial charge in [0.15, 0.2) is 0 Å². The Kier molecular flexibility index (Phi) is 19.5. The van der Waals surface area contributed by atoms with Gasteiger partial charge in [-0.1, -0.05) is 88.4 Å². The predicted molar refractivity (Wildman–Crippen MR) is 155 cm³/mol. The maximum atomic E-state index is 2.33. The average molecular weight is 475 g/mol. The van der Waals surface area contributed by atoms with Gasteiger partial charge in [0.25, 0.3) is 0 Å². The lowest BCUT2D eigenvalue weighted by molar-refractivity contribution is 0.696. The summed E-state index contributed by atoms with van der Waals surface area (Å²) in [6.07, 6.45) is 25.8. The molecule has 0 saturated carbocycles. The van der Waals surface area contributed by atoms with Crippen molar-refractivity contribution in [1.29, 1.82) is 0 Å². The second-order valence-corrected chi connectivity index (χ2v) is 13.1. The summed E-state index contributed by atoms with van der Waals surface area (Å²) in [6, 6.07) is 12.0. The number of hydrogen-bond acceptors (Lipinski definition) is 0. The molecule has 4 atom stereocenters. The normalized spacial score (nSPS) is 26.4. The van der Waals surface area contributed by atoms with Crippen LogP contribution >= 0.6 is 17.2 Å². The lowest BCUT2D eigenvalue weighted by Crippen LogP contribution is -1.90. The van der Waals surface area contributed by atoms with Crippen LogP contribution in [0.2, 0.25) is 0 Å². The van der Waals surface area contributed by atoms with E-state index < -0.39 is 0 Å². The van der Waals surface area contributed by atoms with Crippen LogP contribution in [0, 0.1) is 0 Å². The molecule has 1 aliphatic carbocycles. The summed E-state index contributed by atoms with van der Waals surface area (Å²) in [7, 11) is 2.58. The number of benzene rings is 1. The lowest BCUT2D eigenvalue weighted by atomic mass is 10.1. The van der Waals surface area contributed by atoms with Gasteiger partial charge in [-0.25, -0.2) is 0 Å². The molecule has 0 bridgehead atoms. The van der Waals surface area contributed by atoms with E-state index in [9.17, 15) is 0 Å². The molecule has 182 valence electrons. The molecule has 4 rings (SSSR count). The second kappa shape index (κ2) is 21.1. The number of allylic oxidation sites excluding steroid dienone is 4. The van der Waals surface area contributed by atoms with E-state index in [0.717, 1.165) is 22.6 Å². The van der Waals surface area contributed by atoms with Crippen molar-refractivity contribution in [2.75, 3.05) is 0 Å². The Balaban J connectivity index is 0.000000215. The first-order valence-electron chi connectivity index (χ1n) is 13.6. The van der Waals surface area contributed by atoms with Crippen LogP contribution in [0.4, 0.5) is 0 Å². The highest BCUT2D eigenvalue weighted by Gasteiger charge is 2.21. The minimum Gasteiger partial charge on any atom is -0.116 e. The second-order valence-electron chi connectivity index (χ2n) is 9.20. The summed E-state index contributed by atoms with van der Waals surface area (Å²) >= 11 is 0. The van der Waals surface area contributed by atoms with E-state index >= 15 is 0 Å². The number of hydrogen-bond donors (Lipinski definition) is 0. The molecule has 2 heteroatoms. The van der Waals surface area contributed by atoms with Gasteiger partial charge in [-0.15, -0.1) is 17.2 Å². The SMILES string of the molecule is C1=CCCCCC=C1.CC[C@@H]1CC[C@@H](CC)P1.CC[C@@H]1CC[C@@H](CC)P1.c1ccccc1. The van der Waals surface area contributed by atoms with Gasteiger partial charge < -0.3 is 0 Å². The average Bonchev–Trinajstić information content (AvgIpc) is 3.50. The maximum absolute atomic E-state index is 2.33. The minimum atomic E-state index is 1.11. The van der Waals surface area contributed by atoms with Gasteiger partial charge in [0.1, 0.15) is 0 Å². The molecule has 2 fully saturated rings. The van der Waals surface area contributed by atoms with Gasteiger partial charge in [0.2, 0.25) is 0 Å². The minimum absolute atomic E-state index is 1.11. The Labute approximate surface area is 205 Å². The van der Waals surface area contributed by atoms with E-state index in [0.29, 0.717) is 0 Å². The van der Waals surface area contributed by atoms with Crippen LogP contribution in [-0.4, -0.2) is 22.6 Å². The van der Waals surface area contributed by atoms with E-state index in [2.05, 4.69) is 52.0 Å². The van der Waals surface area contributed by atoms with Crippen LogP contribution in [0.25, 0.3) is 0 Å². The summed E-state index contributed by atoms with van der Waals surface area (Å²) < 4.78 is 0. The first-order valence-corrected chi connectivity index (χ1v) is 15.9. The molecule has 0 nitrogen and oxygen atoms in total. The first-order chi connectivity index (χ1) is 15.7. The van der Waals surface area contributed by atoms with Crippen molar-refractivity contribution in [3.05, 3.63) is 60.7 Å². The smallest absolute Gasteiger partial charge is 0.0237 e. The van der Waals surface area contributed by atoms with E-state index in [1.165, 1.54) is 94.2 Å². The van der Waals surface area contributed by atoms with Crippen molar-refractivity contribution in [3.63, 3.8) is 0 Å². The number of rotatable bonds is 4. The fourth-order valence-corrected chi connectivity index (χ4v) is 7.96. The zero-order valence-corrected chi connectivity index (χ0v) is 23.6. The van der Waals surface area contributed by atoms with Crippen LogP contribution in [0.15, 0.2) is 60.7 Å². The molecule has 0 aromatic heterocycles. The Morgan fingerprint density at radius 2 is 0.781 bits per heavy atom. The van der Waals surface area contributed by atoms with Crippen LogP contribution in [0.5, 0.6) is 0 Å². The zero-order valence-electron chi connectivity index (χ0n) is 21.6. The Morgan fingerprint density at radius 3 is 1.00 bits per heavy atom. The molecular weight excluding hydrogens is 422 g/mol. The van der Waals surface area contributed by atoms with Gasteiger partial charge in [0, 0.05) is 0 Å². The molecular formula is C30H52P2. The van der Waals surface area contributed by atoms with Crippen LogP contribution in [0.1, 0.15) is 105 Å². The fraction of sp³-hybridized carbons (Fsp3) is 0.667. The van der Waals surface area contributed by atoms with Gasteiger partial charge in [-0.2, -0.15) is 0 Å². The summed E-state index contributed by atoms with van der Waals surface area (Å²) in [5, 5.41) is 0. The molecule has 0 unspecified atom stereocenters. The van der Waals surface area contributed by atoms with Gasteiger partial charge in [0.05, 0.1) is 0 Å². The molecule has 3 aliphatic rings. The van der Waals surface area contributed by atoms with Crippen LogP contribution < -0.4 is 0 Å². The van der Waals surface area contributed by atoms with Crippen molar-refractivity contribution in [2.24, 2.45) is 0 Å². The van der Waals surface area contributed by atoms with Gasteiger partial charge >= 0.3 is 0 Å². The fourth-order valence-electron chi connectivity index (χ4n) is 4.35. The van der Waals surface area contributed by atoms with E-state index in [1.54, 1.807) is 0 Å². The Hall–Kier alpha value is -0.440. The molecule has 32 heavy (non-hydrogen) atoms. The molecule has 1 aromatic carbocycles. The van der Waals surface area contributed by atoms with Crippen molar-refractivity contribution in [2.45, 2.75) is 127 Å². The summed E-state index contributed by atoms with van der Waals surface area (Å²) in [4.78, 5) is 0. The molecule has 1 aromatic rings. The molecule has 2 heterocycles. The standard InChI is InChI=1S/2C8H17P.C8H12.C6H6/c2*1-3-7-5-6-8(4-2)9-7;1-2-4-6-8-7-5-3-1;1-2-4-6-5-3-1/h2*7-9H,3-6H2,1-2H3;1-4H,5-8H2;1-6H/t2*7-,8-;;/m11../s1. The molecule has 0 spiro atoms. The molecule has 2 aliphatic heterocycles. The first kappa shape index (κ1) is 29.6. The quantitative estimate of drug-likeness (QED) is 0.381. The molecule has 0 radical (unpaired) electrons. The Bertz CT molecular complexity index is 483. The lowest BCUT2D eigenvalue weighted by Gasteiger charge is -2.05. The van der Waals surface area contributed by atoms with Crippen molar-refractivity contribution < 1.29 is 0 Å². The third-order valence-corrected chi connectivity index (χ3v) is 11.4. The monoisotopic (exact) mass is 474 g/mol. The predicted octanol–water partition coefficient (Wildman–Crippen LogP) is 10.4. The maximum Gasteiger partial charge on any atom is -0.0237 e. The van der Waals surface area contributed by atoms with Crippen molar-refractivity contribution >= 4 is 17.2 Å². The molecule has 0 amide bonds. The van der Waals surface area contributed by atoms with E-state index in [-0.39, 0.29) is 0 Å². The van der Waals surface area contributed by atoms with E-state index in [1.807, 2.05) is 36.4 Å². The third kappa shape index (κ3) is 15.4. The topological polar surface area (TPSA) is 0 Å². The molecule has 0 N–H and O–H groups in total. The van der Waals surface area contributed by atoms with Crippen molar-refractivity contribution in [3.8, 4) is 0 Å². The van der Waals surface area contributed by atoms with E-state index in [4.69, 9.17) is 0 Å². The highest BCUT2D eigenvalue weighted by Crippen LogP contribution is 2.43. The highest BCUT2D eigenvalue weighted by molar-refractivity contribution is 7.40. The van der Waals surface area contributed by atoms with Crippen molar-refractivity contribution in [1.82, 2.24) is 0 Å². The van der Waals surface area contributed by atoms with Crippen LogP contribution in [0.3, 0.4) is 0 Å². The summed E-state index contributed by atoms with van der Waals surface area (Å²) in [5.41, 5.74) is 4.43. The van der Waals surface area contributed by atoms with Crippen LogP contribution in [-0.2, 0) is 0 Å². The van der Waals surface area contributed by atoms with Gasteiger partial charge in [-0.05, 0) is 99.7 Å². The van der Waals surface area contributed by atoms with Gasteiger partial charge in [-0.3, -0.25) is 0 Å². The third-order valence-electron chi connectivity index (χ3n) is 6.68. The largest absolute Gasteiger partial charge is 0.116 e.